The molecule has 0 unspecified atom stereocenters. The average molecular weight is 342 g/mol. The van der Waals surface area contributed by atoms with Gasteiger partial charge in [-0.1, -0.05) is 0 Å². The fourth-order valence-corrected chi connectivity index (χ4v) is 4.45. The van der Waals surface area contributed by atoms with Crippen molar-refractivity contribution in [2.75, 3.05) is 20.7 Å². The fraction of sp³-hybridized carbons (Fsp3) is 0.444. The largest absolute Gasteiger partial charge is 0.469 e. The molecule has 0 radical (unpaired) electrons. The molecule has 0 aliphatic heterocycles. The highest BCUT2D eigenvalue weighted by Crippen LogP contribution is 2.27. The quantitative estimate of drug-likeness (QED) is 0.764. The van der Waals surface area contributed by atoms with Crippen LogP contribution in [0.5, 0.6) is 0 Å². The van der Waals surface area contributed by atoms with Crippen molar-refractivity contribution >= 4 is 43.3 Å². The molecule has 0 saturated carbocycles. The number of methoxy groups -OCH3 is 1. The molecule has 0 fully saturated rings. The molecule has 5 nitrogen and oxygen atoms in total. The maximum Gasteiger partial charge on any atom is 0.306 e. The van der Waals surface area contributed by atoms with Crippen LogP contribution in [0.2, 0.25) is 0 Å². The fourth-order valence-electron chi connectivity index (χ4n) is 1.06. The van der Waals surface area contributed by atoms with Crippen LogP contribution in [0, 0.1) is 0 Å². The lowest BCUT2D eigenvalue weighted by Gasteiger charge is -2.14. The molecule has 0 atom stereocenters. The predicted molar refractivity (Wildman–Crippen MR) is 68.5 cm³/mol. The molecule has 1 heterocycles. The number of sulfonamides is 1. The Morgan fingerprint density at radius 2 is 2.18 bits per heavy atom. The van der Waals surface area contributed by atoms with Crippen LogP contribution in [-0.4, -0.2) is 39.4 Å². The standard InChI is InChI=1S/C9H12BrNO4S2/c1-11(6-5-8(12)15-2)17(13,14)9-4-3-7(10)16-9/h3-4H,5-6H2,1-2H3. The maximum atomic E-state index is 12.0. The Bertz CT molecular complexity index is 497. The van der Waals surface area contributed by atoms with Crippen LogP contribution in [-0.2, 0) is 19.6 Å². The summed E-state index contributed by atoms with van der Waals surface area (Å²) in [7, 11) is -0.801. The smallest absolute Gasteiger partial charge is 0.306 e. The van der Waals surface area contributed by atoms with E-state index in [1.807, 2.05) is 0 Å². The number of hydrogen-bond donors (Lipinski definition) is 0. The van der Waals surface area contributed by atoms with E-state index < -0.39 is 16.0 Å². The Hall–Kier alpha value is -0.440. The van der Waals surface area contributed by atoms with Crippen molar-refractivity contribution in [2.24, 2.45) is 0 Å². The Morgan fingerprint density at radius 1 is 1.53 bits per heavy atom. The van der Waals surface area contributed by atoms with Crippen LogP contribution >= 0.6 is 27.3 Å². The van der Waals surface area contributed by atoms with Gasteiger partial charge in [0.15, 0.2) is 0 Å². The zero-order valence-corrected chi connectivity index (χ0v) is 12.6. The molecule has 0 aliphatic rings. The number of carbonyl (C=O) groups excluding carboxylic acids is 1. The van der Waals surface area contributed by atoms with Crippen LogP contribution in [0.1, 0.15) is 6.42 Å². The number of nitrogens with zero attached hydrogens (tertiary/aromatic N) is 1. The first-order chi connectivity index (χ1) is 7.87. The second-order valence-electron chi connectivity index (χ2n) is 3.21. The molecule has 0 aliphatic carbocycles. The van der Waals surface area contributed by atoms with E-state index in [1.54, 1.807) is 6.07 Å². The van der Waals surface area contributed by atoms with Crippen molar-refractivity contribution in [2.45, 2.75) is 10.6 Å². The third-order valence-corrected chi connectivity index (χ3v) is 6.02. The Morgan fingerprint density at radius 3 is 2.65 bits per heavy atom. The molecule has 17 heavy (non-hydrogen) atoms. The Balaban J connectivity index is 2.74. The normalized spacial score (nSPS) is 11.8. The maximum absolute atomic E-state index is 12.0. The minimum atomic E-state index is -3.51. The lowest BCUT2D eigenvalue weighted by Crippen LogP contribution is -2.28. The number of thiophene rings is 1. The van der Waals surface area contributed by atoms with Crippen LogP contribution in [0.4, 0.5) is 0 Å². The first-order valence-electron chi connectivity index (χ1n) is 4.66. The zero-order valence-electron chi connectivity index (χ0n) is 9.34. The van der Waals surface area contributed by atoms with Crippen molar-refractivity contribution in [1.29, 1.82) is 0 Å². The van der Waals surface area contributed by atoms with Gasteiger partial charge in [-0.15, -0.1) is 11.3 Å². The van der Waals surface area contributed by atoms with Gasteiger partial charge in [-0.05, 0) is 28.1 Å². The molecular weight excluding hydrogens is 330 g/mol. The molecule has 96 valence electrons. The summed E-state index contributed by atoms with van der Waals surface area (Å²) in [6.07, 6.45) is 0.0405. The van der Waals surface area contributed by atoms with Crippen LogP contribution in [0.3, 0.4) is 0 Å². The summed E-state index contributed by atoms with van der Waals surface area (Å²) in [6, 6.07) is 3.20. The van der Waals surface area contributed by atoms with Crippen molar-refractivity contribution < 1.29 is 17.9 Å². The monoisotopic (exact) mass is 341 g/mol. The summed E-state index contributed by atoms with van der Waals surface area (Å²) >= 11 is 4.34. The van der Waals surface area contributed by atoms with Gasteiger partial charge in [-0.25, -0.2) is 8.42 Å². The Labute approximate surface area is 113 Å². The minimum absolute atomic E-state index is 0.0405. The molecule has 0 aromatic carbocycles. The van der Waals surface area contributed by atoms with Gasteiger partial charge in [-0.2, -0.15) is 4.31 Å². The minimum Gasteiger partial charge on any atom is -0.469 e. The van der Waals surface area contributed by atoms with Gasteiger partial charge < -0.3 is 4.74 Å². The van der Waals surface area contributed by atoms with E-state index in [9.17, 15) is 13.2 Å². The van der Waals surface area contributed by atoms with Crippen molar-refractivity contribution in [1.82, 2.24) is 4.31 Å². The molecule has 8 heteroatoms. The zero-order chi connectivity index (χ0) is 13.1. The average Bonchev–Trinajstić information content (AvgIpc) is 2.72. The van der Waals surface area contributed by atoms with Gasteiger partial charge >= 0.3 is 5.97 Å². The summed E-state index contributed by atoms with van der Waals surface area (Å²) in [5.74, 6) is -0.431. The van der Waals surface area contributed by atoms with Crippen molar-refractivity contribution in [3.8, 4) is 0 Å². The predicted octanol–water partition coefficient (Wildman–Crippen LogP) is 1.69. The SMILES string of the molecule is COC(=O)CCN(C)S(=O)(=O)c1ccc(Br)s1. The molecule has 1 rings (SSSR count). The van der Waals surface area contributed by atoms with Gasteiger partial charge in [0.05, 0.1) is 17.3 Å². The first kappa shape index (κ1) is 14.6. The molecule has 0 N–H and O–H groups in total. The highest BCUT2D eigenvalue weighted by Gasteiger charge is 2.23. The highest BCUT2D eigenvalue weighted by atomic mass is 79.9. The third-order valence-electron chi connectivity index (χ3n) is 2.07. The molecule has 0 saturated heterocycles. The van der Waals surface area contributed by atoms with E-state index in [-0.39, 0.29) is 17.2 Å². The van der Waals surface area contributed by atoms with E-state index in [4.69, 9.17) is 0 Å². The lowest BCUT2D eigenvalue weighted by atomic mass is 10.4. The summed E-state index contributed by atoms with van der Waals surface area (Å²) in [5, 5.41) is 0. The highest BCUT2D eigenvalue weighted by molar-refractivity contribution is 9.11. The molecular formula is C9H12BrNO4S2. The first-order valence-corrected chi connectivity index (χ1v) is 7.71. The summed E-state index contributed by atoms with van der Waals surface area (Å²) in [4.78, 5) is 10.9. The number of halogens is 1. The molecule has 0 amide bonds. The molecule has 1 aromatic rings. The number of rotatable bonds is 5. The number of esters is 1. The van der Waals surface area contributed by atoms with Gasteiger partial charge in [-0.3, -0.25) is 4.79 Å². The summed E-state index contributed by atoms with van der Waals surface area (Å²) in [6.45, 7) is 0.102. The van der Waals surface area contributed by atoms with E-state index in [0.29, 0.717) is 0 Å². The van der Waals surface area contributed by atoms with Gasteiger partial charge in [0.25, 0.3) is 10.0 Å². The van der Waals surface area contributed by atoms with Crippen molar-refractivity contribution in [3.63, 3.8) is 0 Å². The van der Waals surface area contributed by atoms with Crippen LogP contribution < -0.4 is 0 Å². The van der Waals surface area contributed by atoms with Gasteiger partial charge in [0.1, 0.15) is 4.21 Å². The molecule has 0 bridgehead atoms. The van der Waals surface area contributed by atoms with E-state index in [0.717, 1.165) is 19.4 Å². The number of ether oxygens (including phenoxy) is 1. The topological polar surface area (TPSA) is 63.7 Å². The number of carbonyl (C=O) groups is 1. The summed E-state index contributed by atoms with van der Waals surface area (Å²) in [5.41, 5.74) is 0. The van der Waals surface area contributed by atoms with Gasteiger partial charge in [0.2, 0.25) is 0 Å². The molecule has 1 aromatic heterocycles. The number of hydrogen-bond acceptors (Lipinski definition) is 5. The lowest BCUT2D eigenvalue weighted by molar-refractivity contribution is -0.140. The molecule has 0 spiro atoms. The Kier molecular flexibility index (Phi) is 5.11. The second-order valence-corrected chi connectivity index (χ2v) is 7.95. The van der Waals surface area contributed by atoms with E-state index in [2.05, 4.69) is 20.7 Å². The van der Waals surface area contributed by atoms with Crippen molar-refractivity contribution in [3.05, 3.63) is 15.9 Å². The van der Waals surface area contributed by atoms with Gasteiger partial charge in [0, 0.05) is 13.6 Å². The van der Waals surface area contributed by atoms with E-state index >= 15 is 0 Å². The summed E-state index contributed by atoms with van der Waals surface area (Å²) < 4.78 is 30.6. The van der Waals surface area contributed by atoms with Crippen LogP contribution in [0.15, 0.2) is 20.1 Å². The second kappa shape index (κ2) is 5.94. The third kappa shape index (κ3) is 3.77. The van der Waals surface area contributed by atoms with E-state index in [1.165, 1.54) is 20.2 Å². The van der Waals surface area contributed by atoms with Crippen LogP contribution in [0.25, 0.3) is 0 Å².